The van der Waals surface area contributed by atoms with E-state index in [1.807, 2.05) is 17.1 Å². The van der Waals surface area contributed by atoms with E-state index >= 15 is 0 Å². The molecule has 2 aromatic heterocycles. The van der Waals surface area contributed by atoms with Crippen LogP contribution in [0.1, 0.15) is 44.7 Å². The Kier molecular flexibility index (Phi) is 4.24. The molecular formula is C15H20BrN5. The predicted octanol–water partition coefficient (Wildman–Crippen LogP) is 3.82. The lowest BCUT2D eigenvalue weighted by molar-refractivity contribution is 0.603. The van der Waals surface area contributed by atoms with Crippen molar-refractivity contribution in [1.29, 1.82) is 0 Å². The molecule has 0 saturated heterocycles. The van der Waals surface area contributed by atoms with Gasteiger partial charge in [0.1, 0.15) is 5.82 Å². The van der Waals surface area contributed by atoms with Gasteiger partial charge in [0.2, 0.25) is 0 Å². The van der Waals surface area contributed by atoms with E-state index < -0.39 is 0 Å². The largest absolute Gasteiger partial charge is 0.369 e. The topological polar surface area (TPSA) is 55.6 Å². The van der Waals surface area contributed by atoms with E-state index in [2.05, 4.69) is 45.2 Å². The number of aromatic nitrogens is 4. The van der Waals surface area contributed by atoms with Crippen LogP contribution >= 0.6 is 15.9 Å². The summed E-state index contributed by atoms with van der Waals surface area (Å²) >= 11 is 3.65. The summed E-state index contributed by atoms with van der Waals surface area (Å²) in [6, 6.07) is 0. The van der Waals surface area contributed by atoms with Crippen LogP contribution in [0.15, 0.2) is 16.9 Å². The molecule has 0 radical (unpaired) electrons. The standard InChI is InChI=1S/C15H20BrN5/c1-3-7-21-9-11(8-18-21)14-19-13(10-5-6-10)12(16)15(20-14)17-4-2/h8-10H,3-7H2,1-2H3,(H,17,19,20). The Morgan fingerprint density at radius 2 is 2.14 bits per heavy atom. The molecule has 6 heteroatoms. The fourth-order valence-electron chi connectivity index (χ4n) is 2.34. The van der Waals surface area contributed by atoms with Gasteiger partial charge in [0.05, 0.1) is 21.9 Å². The first-order valence-corrected chi connectivity index (χ1v) is 8.36. The van der Waals surface area contributed by atoms with Gasteiger partial charge in [-0.05, 0) is 42.1 Å². The molecule has 0 amide bonds. The number of rotatable bonds is 6. The van der Waals surface area contributed by atoms with Crippen molar-refractivity contribution in [3.05, 3.63) is 22.6 Å². The molecule has 1 saturated carbocycles. The van der Waals surface area contributed by atoms with Crippen molar-refractivity contribution in [3.63, 3.8) is 0 Å². The lowest BCUT2D eigenvalue weighted by Crippen LogP contribution is -2.05. The number of aryl methyl sites for hydroxylation is 1. The lowest BCUT2D eigenvalue weighted by atomic mass is 10.2. The van der Waals surface area contributed by atoms with Crippen LogP contribution < -0.4 is 5.32 Å². The summed E-state index contributed by atoms with van der Waals surface area (Å²) in [6.07, 6.45) is 7.38. The van der Waals surface area contributed by atoms with Gasteiger partial charge in [-0.15, -0.1) is 0 Å². The Morgan fingerprint density at radius 3 is 2.81 bits per heavy atom. The zero-order valence-corrected chi connectivity index (χ0v) is 14.0. The van der Waals surface area contributed by atoms with Gasteiger partial charge in [-0.3, -0.25) is 4.68 Å². The minimum Gasteiger partial charge on any atom is -0.369 e. The zero-order chi connectivity index (χ0) is 14.8. The number of nitrogens with zero attached hydrogens (tertiary/aromatic N) is 4. The van der Waals surface area contributed by atoms with E-state index in [0.29, 0.717) is 5.92 Å². The van der Waals surface area contributed by atoms with Crippen molar-refractivity contribution < 1.29 is 0 Å². The summed E-state index contributed by atoms with van der Waals surface area (Å²) < 4.78 is 2.96. The number of halogens is 1. The van der Waals surface area contributed by atoms with E-state index in [1.165, 1.54) is 12.8 Å². The Labute approximate surface area is 133 Å². The second-order valence-corrected chi connectivity index (χ2v) is 6.18. The average molecular weight is 350 g/mol. The van der Waals surface area contributed by atoms with Gasteiger partial charge >= 0.3 is 0 Å². The molecule has 21 heavy (non-hydrogen) atoms. The molecule has 5 nitrogen and oxygen atoms in total. The van der Waals surface area contributed by atoms with Crippen molar-refractivity contribution in [2.75, 3.05) is 11.9 Å². The number of nitrogens with one attached hydrogen (secondary N) is 1. The van der Waals surface area contributed by atoms with Crippen LogP contribution in [-0.4, -0.2) is 26.3 Å². The normalized spacial score (nSPS) is 14.4. The average Bonchev–Trinajstić information content (AvgIpc) is 3.21. The Hall–Kier alpha value is -1.43. The van der Waals surface area contributed by atoms with Crippen molar-refractivity contribution in [1.82, 2.24) is 19.7 Å². The number of anilines is 1. The second-order valence-electron chi connectivity index (χ2n) is 5.39. The highest BCUT2D eigenvalue weighted by Crippen LogP contribution is 2.44. The molecule has 0 atom stereocenters. The molecule has 1 N–H and O–H groups in total. The molecule has 2 aromatic rings. The molecule has 1 aliphatic carbocycles. The first-order valence-electron chi connectivity index (χ1n) is 7.57. The zero-order valence-electron chi connectivity index (χ0n) is 12.4. The van der Waals surface area contributed by atoms with Crippen molar-refractivity contribution in [2.45, 2.75) is 45.6 Å². The molecule has 0 bridgehead atoms. The van der Waals surface area contributed by atoms with Crippen LogP contribution in [0, 0.1) is 0 Å². The van der Waals surface area contributed by atoms with Crippen molar-refractivity contribution in [3.8, 4) is 11.4 Å². The third kappa shape index (κ3) is 3.10. The maximum Gasteiger partial charge on any atom is 0.165 e. The quantitative estimate of drug-likeness (QED) is 0.861. The van der Waals surface area contributed by atoms with Crippen LogP contribution in [0.25, 0.3) is 11.4 Å². The molecule has 1 aliphatic rings. The Morgan fingerprint density at radius 1 is 1.33 bits per heavy atom. The molecule has 0 unspecified atom stereocenters. The van der Waals surface area contributed by atoms with Crippen LogP contribution in [0.5, 0.6) is 0 Å². The Bertz CT molecular complexity index is 633. The molecule has 3 rings (SSSR count). The van der Waals surface area contributed by atoms with Gasteiger partial charge in [0, 0.05) is 25.2 Å². The number of hydrogen-bond donors (Lipinski definition) is 1. The van der Waals surface area contributed by atoms with Crippen LogP contribution in [0.2, 0.25) is 0 Å². The van der Waals surface area contributed by atoms with E-state index in [9.17, 15) is 0 Å². The maximum atomic E-state index is 4.77. The van der Waals surface area contributed by atoms with Gasteiger partial charge in [-0.1, -0.05) is 6.92 Å². The van der Waals surface area contributed by atoms with E-state index in [-0.39, 0.29) is 0 Å². The minimum atomic E-state index is 0.573. The first-order chi connectivity index (χ1) is 10.2. The van der Waals surface area contributed by atoms with Gasteiger partial charge in [-0.25, -0.2) is 9.97 Å². The first kappa shape index (κ1) is 14.5. The maximum absolute atomic E-state index is 4.77. The van der Waals surface area contributed by atoms with Gasteiger partial charge in [0.15, 0.2) is 5.82 Å². The van der Waals surface area contributed by atoms with E-state index in [0.717, 1.165) is 46.9 Å². The highest BCUT2D eigenvalue weighted by Gasteiger charge is 2.29. The molecule has 2 heterocycles. The van der Waals surface area contributed by atoms with Gasteiger partial charge in [0.25, 0.3) is 0 Å². The van der Waals surface area contributed by atoms with E-state index in [4.69, 9.17) is 4.98 Å². The summed E-state index contributed by atoms with van der Waals surface area (Å²) in [4.78, 5) is 9.42. The highest BCUT2D eigenvalue weighted by atomic mass is 79.9. The van der Waals surface area contributed by atoms with Crippen LogP contribution in [0.4, 0.5) is 5.82 Å². The molecule has 112 valence electrons. The molecule has 0 spiro atoms. The number of hydrogen-bond acceptors (Lipinski definition) is 4. The summed E-state index contributed by atoms with van der Waals surface area (Å²) in [5.74, 6) is 2.22. The molecule has 0 aromatic carbocycles. The third-order valence-electron chi connectivity index (χ3n) is 3.53. The SMILES string of the molecule is CCCn1cc(-c2nc(NCC)c(Br)c(C3CC3)n2)cn1. The minimum absolute atomic E-state index is 0.573. The summed E-state index contributed by atoms with van der Waals surface area (Å²) in [5.41, 5.74) is 2.11. The summed E-state index contributed by atoms with van der Waals surface area (Å²) in [6.45, 7) is 5.98. The third-order valence-corrected chi connectivity index (χ3v) is 4.31. The fourth-order valence-corrected chi connectivity index (χ4v) is 2.98. The monoisotopic (exact) mass is 349 g/mol. The lowest BCUT2D eigenvalue weighted by Gasteiger charge is -2.11. The van der Waals surface area contributed by atoms with E-state index in [1.54, 1.807) is 0 Å². The molecular weight excluding hydrogens is 330 g/mol. The summed E-state index contributed by atoms with van der Waals surface area (Å²) in [5, 5.41) is 7.69. The smallest absolute Gasteiger partial charge is 0.165 e. The highest BCUT2D eigenvalue weighted by molar-refractivity contribution is 9.10. The predicted molar refractivity (Wildman–Crippen MR) is 87.4 cm³/mol. The summed E-state index contributed by atoms with van der Waals surface area (Å²) in [7, 11) is 0. The molecule has 0 aliphatic heterocycles. The molecule has 1 fully saturated rings. The second kappa shape index (κ2) is 6.13. The fraction of sp³-hybridized carbons (Fsp3) is 0.533. The van der Waals surface area contributed by atoms with Crippen LogP contribution in [0.3, 0.4) is 0 Å². The van der Waals surface area contributed by atoms with Crippen molar-refractivity contribution >= 4 is 21.7 Å². The van der Waals surface area contributed by atoms with Gasteiger partial charge < -0.3 is 5.32 Å². The van der Waals surface area contributed by atoms with Gasteiger partial charge in [-0.2, -0.15) is 5.10 Å². The van der Waals surface area contributed by atoms with Crippen LogP contribution in [-0.2, 0) is 6.54 Å². The van der Waals surface area contributed by atoms with Crippen molar-refractivity contribution in [2.24, 2.45) is 0 Å². The Balaban J connectivity index is 2.00.